The van der Waals surface area contributed by atoms with Gasteiger partial charge in [0.1, 0.15) is 0 Å². The molecule has 30 heavy (non-hydrogen) atoms. The second-order valence-corrected chi connectivity index (χ2v) is 6.57. The van der Waals surface area contributed by atoms with Gasteiger partial charge in [0.05, 0.1) is 13.3 Å². The van der Waals surface area contributed by atoms with E-state index >= 15 is 0 Å². The molecule has 158 valence electrons. The van der Waals surface area contributed by atoms with Crippen LogP contribution in [0.5, 0.6) is 17.2 Å². The van der Waals surface area contributed by atoms with Gasteiger partial charge in [0, 0.05) is 43.5 Å². The van der Waals surface area contributed by atoms with Crippen LogP contribution in [0.4, 0.5) is 0 Å². The van der Waals surface area contributed by atoms with Crippen molar-refractivity contribution in [3.05, 3.63) is 47.3 Å². The van der Waals surface area contributed by atoms with Crippen molar-refractivity contribution in [1.82, 2.24) is 15.3 Å². The van der Waals surface area contributed by atoms with E-state index < -0.39 is 0 Å². The van der Waals surface area contributed by atoms with E-state index in [0.29, 0.717) is 47.8 Å². The predicted molar refractivity (Wildman–Crippen MR) is 110 cm³/mol. The molecule has 1 aliphatic rings. The van der Waals surface area contributed by atoms with Crippen molar-refractivity contribution in [2.24, 2.45) is 5.10 Å². The van der Waals surface area contributed by atoms with Gasteiger partial charge in [-0.05, 0) is 30.2 Å². The Morgan fingerprint density at radius 2 is 2.10 bits per heavy atom. The number of aromatic nitrogens is 1. The van der Waals surface area contributed by atoms with E-state index in [2.05, 4.69) is 15.5 Å². The maximum Gasteiger partial charge on any atom is 0.271 e. The largest absolute Gasteiger partial charge is 0.492 e. The molecule has 0 fully saturated rings. The first-order valence-corrected chi connectivity index (χ1v) is 9.52. The van der Waals surface area contributed by atoms with Crippen LogP contribution in [0, 0.1) is 0 Å². The van der Waals surface area contributed by atoms with E-state index in [9.17, 15) is 9.59 Å². The second kappa shape index (κ2) is 9.73. The lowest BCUT2D eigenvalue weighted by atomic mass is 10.0. The highest BCUT2D eigenvalue weighted by Crippen LogP contribution is 2.44. The van der Waals surface area contributed by atoms with Gasteiger partial charge in [0.15, 0.2) is 11.5 Å². The number of carbonyl (C=O) groups is 2. The van der Waals surface area contributed by atoms with Gasteiger partial charge in [-0.3, -0.25) is 14.6 Å². The Morgan fingerprint density at radius 1 is 1.33 bits per heavy atom. The third kappa shape index (κ3) is 4.68. The fourth-order valence-electron chi connectivity index (χ4n) is 3.03. The van der Waals surface area contributed by atoms with Crippen LogP contribution in [-0.2, 0) is 11.2 Å². The highest BCUT2D eigenvalue weighted by atomic mass is 16.7. The lowest BCUT2D eigenvalue weighted by Crippen LogP contribution is -2.28. The van der Waals surface area contributed by atoms with Crippen molar-refractivity contribution >= 4 is 18.0 Å². The summed E-state index contributed by atoms with van der Waals surface area (Å²) in [6.07, 6.45) is 5.57. The van der Waals surface area contributed by atoms with Crippen LogP contribution in [0.15, 0.2) is 35.7 Å². The van der Waals surface area contributed by atoms with Gasteiger partial charge in [0.25, 0.3) is 5.91 Å². The number of amides is 2. The topological polar surface area (TPSA) is 102 Å². The van der Waals surface area contributed by atoms with Gasteiger partial charge in [-0.15, -0.1) is 0 Å². The van der Waals surface area contributed by atoms with Crippen molar-refractivity contribution in [2.45, 2.75) is 19.8 Å². The maximum absolute atomic E-state index is 12.2. The SMILES string of the molecule is CCC(=O)N(C)CCc1cc2c(c(OC)c1/C=N/NC(=O)c1ccncc1)OCO2. The molecule has 9 heteroatoms. The van der Waals surface area contributed by atoms with Crippen LogP contribution in [0.2, 0.25) is 0 Å². The van der Waals surface area contributed by atoms with Crippen molar-refractivity contribution < 1.29 is 23.8 Å². The number of carbonyl (C=O) groups excluding carboxylic acids is 2. The zero-order valence-electron chi connectivity index (χ0n) is 17.2. The highest BCUT2D eigenvalue weighted by Gasteiger charge is 2.25. The molecule has 1 aromatic heterocycles. The summed E-state index contributed by atoms with van der Waals surface area (Å²) in [5.74, 6) is 1.22. The molecule has 0 radical (unpaired) electrons. The molecule has 9 nitrogen and oxygen atoms in total. The van der Waals surface area contributed by atoms with Crippen LogP contribution in [0.1, 0.15) is 34.8 Å². The van der Waals surface area contributed by atoms with E-state index in [1.807, 2.05) is 13.0 Å². The number of methoxy groups -OCH3 is 1. The molecule has 0 atom stereocenters. The Bertz CT molecular complexity index is 946. The minimum Gasteiger partial charge on any atom is -0.492 e. The minimum absolute atomic E-state index is 0.0579. The standard InChI is InChI=1S/C21H24N4O5/c1-4-18(26)25(2)10-7-15-11-17-20(30-13-29-17)19(28-3)16(15)12-23-24-21(27)14-5-8-22-9-6-14/h5-6,8-9,11-12H,4,7,10,13H2,1-3H3,(H,24,27)/b23-12+. The molecule has 0 saturated heterocycles. The Labute approximate surface area is 174 Å². The Kier molecular flexibility index (Phi) is 6.84. The quantitative estimate of drug-likeness (QED) is 0.526. The van der Waals surface area contributed by atoms with Gasteiger partial charge in [-0.2, -0.15) is 5.10 Å². The Hall–Kier alpha value is -3.62. The lowest BCUT2D eigenvalue weighted by molar-refractivity contribution is -0.129. The summed E-state index contributed by atoms with van der Waals surface area (Å²) in [4.78, 5) is 29.7. The van der Waals surface area contributed by atoms with E-state index in [1.54, 1.807) is 24.1 Å². The smallest absolute Gasteiger partial charge is 0.271 e. The van der Waals surface area contributed by atoms with Crippen LogP contribution < -0.4 is 19.6 Å². The average molecular weight is 412 g/mol. The number of pyridine rings is 1. The van der Waals surface area contributed by atoms with Gasteiger partial charge in [0.2, 0.25) is 18.4 Å². The first-order valence-electron chi connectivity index (χ1n) is 9.52. The molecule has 2 amide bonds. The fourth-order valence-corrected chi connectivity index (χ4v) is 3.03. The van der Waals surface area contributed by atoms with E-state index in [4.69, 9.17) is 14.2 Å². The summed E-state index contributed by atoms with van der Waals surface area (Å²) in [7, 11) is 3.29. The molecule has 0 unspecified atom stereocenters. The summed E-state index contributed by atoms with van der Waals surface area (Å²) in [5, 5.41) is 4.09. The third-order valence-corrected chi connectivity index (χ3v) is 4.69. The summed E-state index contributed by atoms with van der Waals surface area (Å²) in [5.41, 5.74) is 4.44. The summed E-state index contributed by atoms with van der Waals surface area (Å²) in [6.45, 7) is 2.43. The number of hydrazone groups is 1. The molecule has 1 N–H and O–H groups in total. The number of rotatable bonds is 8. The van der Waals surface area contributed by atoms with Crippen molar-refractivity contribution in [3.63, 3.8) is 0 Å². The molecule has 0 saturated carbocycles. The number of nitrogens with zero attached hydrogens (tertiary/aromatic N) is 3. The number of likely N-dealkylation sites (N-methyl/N-ethyl adjacent to an activating group) is 1. The number of fused-ring (bicyclic) bond motifs is 1. The molecule has 2 aromatic rings. The highest BCUT2D eigenvalue weighted by molar-refractivity contribution is 5.95. The number of benzene rings is 1. The molecular formula is C21H24N4O5. The first-order chi connectivity index (χ1) is 14.5. The van der Waals surface area contributed by atoms with Gasteiger partial charge < -0.3 is 19.1 Å². The lowest BCUT2D eigenvalue weighted by Gasteiger charge is -2.18. The maximum atomic E-state index is 12.2. The first kappa shape index (κ1) is 21.1. The molecule has 0 spiro atoms. The van der Waals surface area contributed by atoms with Gasteiger partial charge >= 0.3 is 0 Å². The van der Waals surface area contributed by atoms with Crippen molar-refractivity contribution in [1.29, 1.82) is 0 Å². The second-order valence-electron chi connectivity index (χ2n) is 6.57. The van der Waals surface area contributed by atoms with Gasteiger partial charge in [-0.1, -0.05) is 6.92 Å². The van der Waals surface area contributed by atoms with E-state index in [1.165, 1.54) is 25.7 Å². The summed E-state index contributed by atoms with van der Waals surface area (Å²) < 4.78 is 16.6. The Morgan fingerprint density at radius 3 is 2.80 bits per heavy atom. The van der Waals surface area contributed by atoms with Crippen molar-refractivity contribution in [2.75, 3.05) is 27.5 Å². The predicted octanol–water partition coefficient (Wildman–Crippen LogP) is 1.99. The normalized spacial score (nSPS) is 12.1. The van der Waals surface area contributed by atoms with Crippen LogP contribution in [0.3, 0.4) is 0 Å². The molecule has 0 bridgehead atoms. The van der Waals surface area contributed by atoms with Crippen molar-refractivity contribution in [3.8, 4) is 17.2 Å². The average Bonchev–Trinajstić information content (AvgIpc) is 3.25. The molecule has 3 rings (SSSR count). The van der Waals surface area contributed by atoms with E-state index in [-0.39, 0.29) is 18.6 Å². The summed E-state index contributed by atoms with van der Waals surface area (Å²) >= 11 is 0. The van der Waals surface area contributed by atoms with Crippen LogP contribution in [0.25, 0.3) is 0 Å². The molecule has 1 aliphatic heterocycles. The van der Waals surface area contributed by atoms with Crippen LogP contribution in [-0.4, -0.2) is 55.4 Å². The third-order valence-electron chi connectivity index (χ3n) is 4.69. The monoisotopic (exact) mass is 412 g/mol. The molecule has 1 aromatic carbocycles. The minimum atomic E-state index is -0.358. The fraction of sp³-hybridized carbons (Fsp3) is 0.333. The number of ether oxygens (including phenoxy) is 3. The zero-order chi connectivity index (χ0) is 21.5. The Balaban J connectivity index is 1.85. The molecule has 2 heterocycles. The molecule has 0 aliphatic carbocycles. The summed E-state index contributed by atoms with van der Waals surface area (Å²) in [6, 6.07) is 5.04. The zero-order valence-corrected chi connectivity index (χ0v) is 17.2. The molecular weight excluding hydrogens is 388 g/mol. The number of hydrogen-bond acceptors (Lipinski definition) is 7. The van der Waals surface area contributed by atoms with Crippen LogP contribution >= 0.6 is 0 Å². The number of hydrogen-bond donors (Lipinski definition) is 1. The number of nitrogens with one attached hydrogen (secondary N) is 1. The van der Waals surface area contributed by atoms with Gasteiger partial charge in [-0.25, -0.2) is 5.43 Å². The van der Waals surface area contributed by atoms with E-state index in [0.717, 1.165) is 5.56 Å².